The zero-order valence-electron chi connectivity index (χ0n) is 37.0. The van der Waals surface area contributed by atoms with Gasteiger partial charge in [0, 0.05) is 78.5 Å². The Morgan fingerprint density at radius 3 is 2.42 bits per heavy atom. The van der Waals surface area contributed by atoms with Gasteiger partial charge < -0.3 is 59.3 Å². The summed E-state index contributed by atoms with van der Waals surface area (Å²) in [5.41, 5.74) is 4.57. The SMILES string of the molecule is CNC1CC#CCOc2cc3c(c4ccc(O)cc24)OC(CCCOC)C(C2COc4c(Cc5cc(O)ccc5-c5cccc(O)c5)cc(OC5CCCC5)cc4C2O)C3OC1CCO. The fraction of sp³-hybridized carbons (Fsp3) is 0.434. The van der Waals surface area contributed by atoms with Crippen LogP contribution >= 0.6 is 0 Å². The smallest absolute Gasteiger partial charge is 0.149 e. The average molecular weight is 886 g/mol. The van der Waals surface area contributed by atoms with E-state index < -0.39 is 36.3 Å². The summed E-state index contributed by atoms with van der Waals surface area (Å²) in [6, 6.07) is 23.0. The Morgan fingerprint density at radius 2 is 1.62 bits per heavy atom. The molecule has 7 atom stereocenters. The maximum atomic E-state index is 13.0. The summed E-state index contributed by atoms with van der Waals surface area (Å²) in [4.78, 5) is 0. The second-order valence-corrected chi connectivity index (χ2v) is 17.8. The van der Waals surface area contributed by atoms with E-state index in [1.54, 1.807) is 49.6 Å². The zero-order chi connectivity index (χ0) is 45.0. The number of hydrogen-bond donors (Lipinski definition) is 6. The molecule has 342 valence electrons. The van der Waals surface area contributed by atoms with Crippen LogP contribution < -0.4 is 24.3 Å². The van der Waals surface area contributed by atoms with Crippen LogP contribution in [0.4, 0.5) is 0 Å². The van der Waals surface area contributed by atoms with Gasteiger partial charge in [0.1, 0.15) is 53.0 Å². The Morgan fingerprint density at radius 1 is 0.800 bits per heavy atom. The third-order valence-electron chi connectivity index (χ3n) is 13.6. The largest absolute Gasteiger partial charge is 0.508 e. The molecule has 0 saturated heterocycles. The van der Waals surface area contributed by atoms with E-state index >= 15 is 0 Å². The van der Waals surface area contributed by atoms with E-state index in [1.807, 2.05) is 43.4 Å². The Bertz CT molecular complexity index is 2540. The number of aromatic hydroxyl groups is 3. The van der Waals surface area contributed by atoms with Crippen LogP contribution in [0.2, 0.25) is 0 Å². The number of benzene rings is 5. The minimum atomic E-state index is -1.06. The van der Waals surface area contributed by atoms with Crippen LogP contribution in [0.5, 0.6) is 40.2 Å². The number of rotatable bonds is 13. The van der Waals surface area contributed by atoms with Crippen LogP contribution in [0.25, 0.3) is 21.9 Å². The lowest BCUT2D eigenvalue weighted by Crippen LogP contribution is -2.49. The van der Waals surface area contributed by atoms with Gasteiger partial charge in [-0.3, -0.25) is 0 Å². The summed E-state index contributed by atoms with van der Waals surface area (Å²) in [5, 5.41) is 60.2. The molecule has 12 heteroatoms. The molecule has 1 aliphatic carbocycles. The minimum absolute atomic E-state index is 0.0430. The van der Waals surface area contributed by atoms with Crippen LogP contribution in [0.3, 0.4) is 0 Å². The Labute approximate surface area is 380 Å². The monoisotopic (exact) mass is 885 g/mol. The van der Waals surface area contributed by atoms with E-state index in [1.165, 1.54) is 0 Å². The van der Waals surface area contributed by atoms with Gasteiger partial charge in [-0.2, -0.15) is 0 Å². The Balaban J connectivity index is 1.18. The molecular formula is C53H59NO11. The summed E-state index contributed by atoms with van der Waals surface area (Å²) in [7, 11) is 3.54. The molecule has 5 aromatic rings. The highest BCUT2D eigenvalue weighted by molar-refractivity contribution is 5.96. The first-order chi connectivity index (χ1) is 31.7. The minimum Gasteiger partial charge on any atom is -0.508 e. The molecule has 7 unspecified atom stereocenters. The third kappa shape index (κ3) is 9.40. The summed E-state index contributed by atoms with van der Waals surface area (Å²) >= 11 is 0. The lowest BCUT2D eigenvalue weighted by atomic mass is 9.72. The standard InChI is InChI=1S/C53H59NO11/c1-54-45-13-5-6-22-61-48-29-43-52(40-18-16-36(58)27-41(40)48)65-47(14-8-21-60-2)49(53(43)64-46(45)19-20-55)44-30-62-51-33(26-38(28-42(51)50(44)59)63-37-11-3-4-12-37)23-32-25-35(57)15-17-39(32)31-9-7-10-34(56)24-31/h7,9-10,15-18,24-29,37,44-47,49-50,53-59H,3-4,8,11-14,19-23,30H2,1-2H3. The fourth-order valence-electron chi connectivity index (χ4n) is 10.4. The van der Waals surface area contributed by atoms with Gasteiger partial charge in [-0.05, 0) is 129 Å². The number of hydrogen-bond acceptors (Lipinski definition) is 12. The molecule has 0 amide bonds. The van der Waals surface area contributed by atoms with Crippen molar-refractivity contribution in [3.05, 3.63) is 101 Å². The number of nitrogens with one attached hydrogen (secondary N) is 1. The number of fused-ring (bicyclic) bond motifs is 5. The van der Waals surface area contributed by atoms with Crippen LogP contribution in [0, 0.1) is 23.7 Å². The molecule has 3 heterocycles. The normalized spacial score (nSPS) is 24.0. The topological polar surface area (TPSA) is 169 Å². The number of aliphatic hydroxyl groups excluding tert-OH is 2. The molecule has 65 heavy (non-hydrogen) atoms. The van der Waals surface area contributed by atoms with Gasteiger partial charge in [-0.15, -0.1) is 0 Å². The summed E-state index contributed by atoms with van der Waals surface area (Å²) in [5.74, 6) is 7.98. The molecular weight excluding hydrogens is 827 g/mol. The first-order valence-corrected chi connectivity index (χ1v) is 23.0. The van der Waals surface area contributed by atoms with Gasteiger partial charge in [0.25, 0.3) is 0 Å². The van der Waals surface area contributed by atoms with Crippen molar-refractivity contribution in [1.82, 2.24) is 5.32 Å². The van der Waals surface area contributed by atoms with Crippen molar-refractivity contribution in [2.75, 3.05) is 40.6 Å². The first-order valence-electron chi connectivity index (χ1n) is 23.0. The lowest BCUT2D eigenvalue weighted by Gasteiger charge is -2.47. The molecule has 2 bridgehead atoms. The zero-order valence-corrected chi connectivity index (χ0v) is 37.0. The average Bonchev–Trinajstić information content (AvgIpc) is 3.81. The van der Waals surface area contributed by atoms with Crippen molar-refractivity contribution in [3.8, 4) is 63.2 Å². The predicted molar refractivity (Wildman–Crippen MR) is 246 cm³/mol. The van der Waals surface area contributed by atoms with Crippen LogP contribution in [0.15, 0.2) is 78.9 Å². The molecule has 12 nitrogen and oxygen atoms in total. The number of aliphatic hydroxyl groups is 2. The van der Waals surface area contributed by atoms with Crippen molar-refractivity contribution in [2.24, 2.45) is 11.8 Å². The second kappa shape index (κ2) is 19.8. The highest BCUT2D eigenvalue weighted by atomic mass is 16.5. The number of likely N-dealkylation sites (N-methyl/N-ethyl adjacent to an activating group) is 1. The molecule has 6 N–H and O–H groups in total. The third-order valence-corrected chi connectivity index (χ3v) is 13.6. The van der Waals surface area contributed by atoms with Crippen molar-refractivity contribution in [3.63, 3.8) is 0 Å². The summed E-state index contributed by atoms with van der Waals surface area (Å²) in [6.07, 6.45) is 3.77. The summed E-state index contributed by atoms with van der Waals surface area (Å²) < 4.78 is 40.0. The van der Waals surface area contributed by atoms with E-state index in [-0.39, 0.29) is 49.2 Å². The van der Waals surface area contributed by atoms with Crippen LogP contribution in [-0.4, -0.2) is 90.5 Å². The van der Waals surface area contributed by atoms with Gasteiger partial charge in [0.05, 0.1) is 31.0 Å². The van der Waals surface area contributed by atoms with Gasteiger partial charge in [0.2, 0.25) is 0 Å². The van der Waals surface area contributed by atoms with E-state index in [9.17, 15) is 25.5 Å². The number of methoxy groups -OCH3 is 1. The van der Waals surface area contributed by atoms with E-state index in [4.69, 9.17) is 28.4 Å². The Kier molecular flexibility index (Phi) is 13.6. The number of phenols is 3. The lowest BCUT2D eigenvalue weighted by molar-refractivity contribution is -0.141. The molecule has 0 aromatic heterocycles. The van der Waals surface area contributed by atoms with Crippen molar-refractivity contribution in [1.29, 1.82) is 0 Å². The maximum Gasteiger partial charge on any atom is 0.149 e. The molecule has 1 saturated carbocycles. The fourth-order valence-corrected chi connectivity index (χ4v) is 10.4. The predicted octanol–water partition coefficient (Wildman–Crippen LogP) is 8.26. The number of phenolic OH excluding ortho intramolecular Hbond substituents is 3. The molecule has 5 aromatic carbocycles. The first kappa shape index (κ1) is 44.5. The van der Waals surface area contributed by atoms with E-state index in [0.717, 1.165) is 58.9 Å². The maximum absolute atomic E-state index is 13.0. The molecule has 4 aliphatic rings. The number of ether oxygens (including phenoxy) is 6. The van der Waals surface area contributed by atoms with Crippen molar-refractivity contribution in [2.45, 2.75) is 94.3 Å². The summed E-state index contributed by atoms with van der Waals surface area (Å²) in [6.45, 7) is 0.639. The Hall–Kier alpha value is -5.68. The van der Waals surface area contributed by atoms with Crippen LogP contribution in [-0.2, 0) is 15.9 Å². The van der Waals surface area contributed by atoms with Crippen LogP contribution in [0.1, 0.15) is 85.8 Å². The van der Waals surface area contributed by atoms with Crippen molar-refractivity contribution >= 4 is 10.8 Å². The van der Waals surface area contributed by atoms with E-state index in [0.29, 0.717) is 72.7 Å². The van der Waals surface area contributed by atoms with Crippen molar-refractivity contribution < 1.29 is 54.0 Å². The van der Waals surface area contributed by atoms with Gasteiger partial charge in [-0.25, -0.2) is 0 Å². The molecule has 9 rings (SSSR count). The van der Waals surface area contributed by atoms with Gasteiger partial charge in [0.15, 0.2) is 0 Å². The van der Waals surface area contributed by atoms with Gasteiger partial charge >= 0.3 is 0 Å². The molecule has 3 aliphatic heterocycles. The van der Waals surface area contributed by atoms with E-state index in [2.05, 4.69) is 17.2 Å². The highest BCUT2D eigenvalue weighted by Crippen LogP contribution is 2.55. The highest BCUT2D eigenvalue weighted by Gasteiger charge is 2.50. The second-order valence-electron chi connectivity index (χ2n) is 17.8. The molecule has 1 fully saturated rings. The molecule has 0 spiro atoms. The quantitative estimate of drug-likeness (QED) is 0.0496. The molecule has 0 radical (unpaired) electrons. The van der Waals surface area contributed by atoms with Gasteiger partial charge in [-0.1, -0.05) is 30.0 Å².